The molecule has 4 rings (SSSR count). The highest BCUT2D eigenvalue weighted by Crippen LogP contribution is 2.43. The van der Waals surface area contributed by atoms with Gasteiger partial charge in [-0.15, -0.1) is 0 Å². The minimum Gasteiger partial charge on any atom is -0.207 e. The molecule has 0 saturated carbocycles. The molecule has 0 aromatic heterocycles. The van der Waals surface area contributed by atoms with E-state index in [2.05, 4.69) is 31.2 Å². The van der Waals surface area contributed by atoms with Crippen molar-refractivity contribution < 1.29 is 4.39 Å². The van der Waals surface area contributed by atoms with Crippen molar-refractivity contribution in [3.05, 3.63) is 71.4 Å². The summed E-state index contributed by atoms with van der Waals surface area (Å²) in [6, 6.07) is 9.69. The molecule has 20 heavy (non-hydrogen) atoms. The second kappa shape index (κ2) is 4.31. The van der Waals surface area contributed by atoms with Crippen LogP contribution in [0.3, 0.4) is 0 Å². The van der Waals surface area contributed by atoms with E-state index in [0.717, 1.165) is 30.4 Å². The molecule has 0 amide bonds. The fourth-order valence-electron chi connectivity index (χ4n) is 3.62. The lowest BCUT2D eigenvalue weighted by Crippen LogP contribution is -2.14. The third-order valence-corrected chi connectivity index (χ3v) is 4.53. The molecule has 1 unspecified atom stereocenters. The minimum absolute atomic E-state index is 0.0103. The first-order valence-corrected chi connectivity index (χ1v) is 7.19. The second-order valence-electron chi connectivity index (χ2n) is 5.70. The molecular weight excluding hydrogens is 247 g/mol. The molecule has 2 aliphatic rings. The van der Waals surface area contributed by atoms with Gasteiger partial charge in [-0.05, 0) is 71.6 Å². The maximum absolute atomic E-state index is 14.1. The minimum atomic E-state index is -0.120. The van der Waals surface area contributed by atoms with Gasteiger partial charge < -0.3 is 0 Å². The van der Waals surface area contributed by atoms with E-state index in [0.29, 0.717) is 0 Å². The van der Waals surface area contributed by atoms with Crippen LogP contribution in [0, 0.1) is 12.7 Å². The lowest BCUT2D eigenvalue weighted by molar-refractivity contribution is 0.595. The highest BCUT2D eigenvalue weighted by molar-refractivity contribution is 5.78. The molecular formula is C19H16F. The topological polar surface area (TPSA) is 0 Å². The zero-order valence-corrected chi connectivity index (χ0v) is 11.3. The molecule has 0 spiro atoms. The van der Waals surface area contributed by atoms with Gasteiger partial charge in [0.2, 0.25) is 0 Å². The van der Waals surface area contributed by atoms with Crippen molar-refractivity contribution in [3.8, 4) is 11.1 Å². The van der Waals surface area contributed by atoms with Gasteiger partial charge in [-0.25, -0.2) is 4.39 Å². The highest BCUT2D eigenvalue weighted by Gasteiger charge is 2.27. The second-order valence-corrected chi connectivity index (χ2v) is 5.70. The number of benzene rings is 2. The molecule has 0 nitrogen and oxygen atoms in total. The summed E-state index contributed by atoms with van der Waals surface area (Å²) in [4.78, 5) is 0. The van der Waals surface area contributed by atoms with Gasteiger partial charge in [0, 0.05) is 0 Å². The van der Waals surface area contributed by atoms with Crippen molar-refractivity contribution >= 4 is 6.08 Å². The van der Waals surface area contributed by atoms with Crippen LogP contribution in [0.1, 0.15) is 34.6 Å². The van der Waals surface area contributed by atoms with Crippen LogP contribution in [0.2, 0.25) is 0 Å². The SMILES string of the molecule is [CH2]C1Cc2c(ccc3c2CCC=C3)-c2cccc(F)c21. The monoisotopic (exact) mass is 263 g/mol. The summed E-state index contributed by atoms with van der Waals surface area (Å²) in [5, 5.41) is 0. The third kappa shape index (κ3) is 1.59. The summed E-state index contributed by atoms with van der Waals surface area (Å²) >= 11 is 0. The number of fused-ring (bicyclic) bond motifs is 5. The lowest BCUT2D eigenvalue weighted by Gasteiger charge is -2.29. The van der Waals surface area contributed by atoms with Gasteiger partial charge in [0.25, 0.3) is 0 Å². The maximum Gasteiger partial charge on any atom is 0.127 e. The number of hydrogen-bond acceptors (Lipinski definition) is 0. The van der Waals surface area contributed by atoms with E-state index in [-0.39, 0.29) is 11.7 Å². The quantitative estimate of drug-likeness (QED) is 0.632. The Morgan fingerprint density at radius 1 is 1.05 bits per heavy atom. The average Bonchev–Trinajstić information content (AvgIpc) is 2.47. The Bertz CT molecular complexity index is 725. The Morgan fingerprint density at radius 2 is 1.95 bits per heavy atom. The first-order valence-electron chi connectivity index (χ1n) is 7.19. The van der Waals surface area contributed by atoms with Gasteiger partial charge in [-0.1, -0.05) is 36.4 Å². The molecule has 0 heterocycles. The molecule has 2 aromatic rings. The Morgan fingerprint density at radius 3 is 2.85 bits per heavy atom. The van der Waals surface area contributed by atoms with Crippen LogP contribution >= 0.6 is 0 Å². The smallest absolute Gasteiger partial charge is 0.127 e. The zero-order chi connectivity index (χ0) is 13.7. The highest BCUT2D eigenvalue weighted by atomic mass is 19.1. The van der Waals surface area contributed by atoms with Gasteiger partial charge in [-0.3, -0.25) is 0 Å². The number of halogens is 1. The Balaban J connectivity index is 2.02. The van der Waals surface area contributed by atoms with Gasteiger partial charge in [0.15, 0.2) is 0 Å². The molecule has 99 valence electrons. The van der Waals surface area contributed by atoms with E-state index in [4.69, 9.17) is 0 Å². The summed E-state index contributed by atoms with van der Waals surface area (Å²) < 4.78 is 14.1. The molecule has 0 saturated heterocycles. The standard InChI is InChI=1S/C19H16F/c1-12-11-17-14-6-3-2-5-13(14)9-10-15(17)16-7-4-8-18(20)19(12)16/h2,4-5,7-10,12H,1,3,6,11H2. The first-order chi connectivity index (χ1) is 9.75. The van der Waals surface area contributed by atoms with E-state index in [1.54, 1.807) is 12.1 Å². The largest absolute Gasteiger partial charge is 0.207 e. The van der Waals surface area contributed by atoms with E-state index in [9.17, 15) is 4.39 Å². The lowest BCUT2D eigenvalue weighted by atomic mass is 9.75. The molecule has 2 aromatic carbocycles. The van der Waals surface area contributed by atoms with E-state index in [1.807, 2.05) is 6.07 Å². The van der Waals surface area contributed by atoms with Crippen molar-refractivity contribution in [2.45, 2.75) is 25.2 Å². The summed E-state index contributed by atoms with van der Waals surface area (Å²) in [6.45, 7) is 4.19. The van der Waals surface area contributed by atoms with Crippen molar-refractivity contribution in [3.63, 3.8) is 0 Å². The van der Waals surface area contributed by atoms with Crippen LogP contribution < -0.4 is 0 Å². The van der Waals surface area contributed by atoms with Crippen molar-refractivity contribution in [2.24, 2.45) is 0 Å². The number of rotatable bonds is 0. The molecule has 1 heteroatoms. The fraction of sp³-hybridized carbons (Fsp3) is 0.211. The predicted octanol–water partition coefficient (Wildman–Crippen LogP) is 4.93. The molecule has 2 aliphatic carbocycles. The summed E-state index contributed by atoms with van der Waals surface area (Å²) in [5.41, 5.74) is 7.16. The van der Waals surface area contributed by atoms with Crippen LogP contribution in [0.5, 0.6) is 0 Å². The van der Waals surface area contributed by atoms with E-state index < -0.39 is 0 Å². The molecule has 0 N–H and O–H groups in total. The predicted molar refractivity (Wildman–Crippen MR) is 81.0 cm³/mol. The molecule has 0 aliphatic heterocycles. The van der Waals surface area contributed by atoms with Crippen molar-refractivity contribution in [2.75, 3.05) is 0 Å². The fourth-order valence-corrected chi connectivity index (χ4v) is 3.62. The normalized spacial score (nSPS) is 19.2. The summed E-state index contributed by atoms with van der Waals surface area (Å²) in [5.74, 6) is -0.109. The number of allylic oxidation sites excluding steroid dienone is 1. The van der Waals surface area contributed by atoms with Gasteiger partial charge in [0.05, 0.1) is 0 Å². The average molecular weight is 263 g/mol. The molecule has 0 bridgehead atoms. The Kier molecular flexibility index (Phi) is 2.56. The van der Waals surface area contributed by atoms with Crippen LogP contribution in [0.4, 0.5) is 4.39 Å². The molecule has 1 radical (unpaired) electrons. The van der Waals surface area contributed by atoms with Crippen LogP contribution in [-0.4, -0.2) is 0 Å². The van der Waals surface area contributed by atoms with Crippen molar-refractivity contribution in [1.82, 2.24) is 0 Å². The van der Waals surface area contributed by atoms with E-state index >= 15 is 0 Å². The third-order valence-electron chi connectivity index (χ3n) is 4.53. The zero-order valence-electron chi connectivity index (χ0n) is 11.3. The molecule has 1 atom stereocenters. The van der Waals surface area contributed by atoms with Gasteiger partial charge >= 0.3 is 0 Å². The van der Waals surface area contributed by atoms with Gasteiger partial charge in [0.1, 0.15) is 5.82 Å². The van der Waals surface area contributed by atoms with Gasteiger partial charge in [-0.2, -0.15) is 0 Å². The number of hydrogen-bond donors (Lipinski definition) is 0. The van der Waals surface area contributed by atoms with Crippen LogP contribution in [0.25, 0.3) is 17.2 Å². The Labute approximate surface area is 119 Å². The van der Waals surface area contributed by atoms with Crippen LogP contribution in [-0.2, 0) is 12.8 Å². The summed E-state index contributed by atoms with van der Waals surface area (Å²) in [7, 11) is 0. The first kappa shape index (κ1) is 11.9. The van der Waals surface area contributed by atoms with Crippen molar-refractivity contribution in [1.29, 1.82) is 0 Å². The summed E-state index contributed by atoms with van der Waals surface area (Å²) in [6.07, 6.45) is 7.47. The van der Waals surface area contributed by atoms with Crippen LogP contribution in [0.15, 0.2) is 36.4 Å². The Hall–Kier alpha value is -1.89. The van der Waals surface area contributed by atoms with E-state index in [1.165, 1.54) is 22.3 Å². The molecule has 0 fully saturated rings. The maximum atomic E-state index is 14.1.